The number of thiophene rings is 1. The predicted octanol–water partition coefficient (Wildman–Crippen LogP) is 4.20. The first kappa shape index (κ1) is 15.2. The molecule has 0 unspecified atom stereocenters. The third kappa shape index (κ3) is 3.38. The molecule has 0 bridgehead atoms. The lowest BCUT2D eigenvalue weighted by atomic mass is 10.2. The van der Waals surface area contributed by atoms with Crippen molar-refractivity contribution in [1.82, 2.24) is 4.57 Å². The maximum Gasteiger partial charge on any atom is 0.190 e. The zero-order valence-electron chi connectivity index (χ0n) is 12.4. The molecule has 0 fully saturated rings. The number of benzene rings is 1. The Balaban J connectivity index is 2.05. The topological polar surface area (TPSA) is 37.5 Å². The zero-order chi connectivity index (χ0) is 15.4. The minimum atomic E-state index is 0.191. The summed E-state index contributed by atoms with van der Waals surface area (Å²) in [5, 5.41) is 13.4. The first-order chi connectivity index (χ1) is 10.8. The predicted molar refractivity (Wildman–Crippen MR) is 93.7 cm³/mol. The second-order valence-electron chi connectivity index (χ2n) is 5.06. The molecule has 1 aromatic carbocycles. The summed E-state index contributed by atoms with van der Waals surface area (Å²) < 4.78 is 2.20. The number of aliphatic hydroxyl groups is 1. The summed E-state index contributed by atoms with van der Waals surface area (Å²) in [5.41, 5.74) is 3.37. The van der Waals surface area contributed by atoms with Gasteiger partial charge in [0.2, 0.25) is 0 Å². The van der Waals surface area contributed by atoms with Crippen LogP contribution in [0.5, 0.6) is 0 Å². The Labute approximate surface area is 137 Å². The third-order valence-corrected chi connectivity index (χ3v) is 5.13. The van der Waals surface area contributed by atoms with Crippen LogP contribution in [0, 0.1) is 6.92 Å². The molecule has 0 saturated carbocycles. The molecule has 3 rings (SSSR count). The zero-order valence-corrected chi connectivity index (χ0v) is 14.0. The molecule has 0 aliphatic rings. The van der Waals surface area contributed by atoms with Crippen LogP contribution in [-0.2, 0) is 6.54 Å². The Hall–Kier alpha value is -1.69. The Kier molecular flexibility index (Phi) is 4.87. The van der Waals surface area contributed by atoms with Crippen molar-refractivity contribution in [3.8, 4) is 10.6 Å². The molecule has 2 heterocycles. The Bertz CT molecular complexity index is 783. The van der Waals surface area contributed by atoms with Crippen molar-refractivity contribution in [2.45, 2.75) is 19.9 Å². The summed E-state index contributed by atoms with van der Waals surface area (Å²) in [4.78, 5) is 6.98. The highest BCUT2D eigenvalue weighted by atomic mass is 32.1. The minimum Gasteiger partial charge on any atom is -0.396 e. The summed E-state index contributed by atoms with van der Waals surface area (Å²) in [6, 6.07) is 12.4. The van der Waals surface area contributed by atoms with E-state index >= 15 is 0 Å². The smallest absolute Gasteiger partial charge is 0.190 e. The molecule has 0 radical (unpaired) electrons. The van der Waals surface area contributed by atoms with Gasteiger partial charge in [-0.2, -0.15) is 0 Å². The number of hydrogen-bond acceptors (Lipinski definition) is 4. The number of aliphatic hydroxyl groups excluding tert-OH is 1. The van der Waals surface area contributed by atoms with Gasteiger partial charge < -0.3 is 9.67 Å². The van der Waals surface area contributed by atoms with E-state index in [1.165, 1.54) is 16.1 Å². The molecule has 3 nitrogen and oxygen atoms in total. The van der Waals surface area contributed by atoms with Crippen LogP contribution in [-0.4, -0.2) is 16.3 Å². The molecule has 0 amide bonds. The van der Waals surface area contributed by atoms with Gasteiger partial charge in [-0.05, 0) is 36.9 Å². The summed E-state index contributed by atoms with van der Waals surface area (Å²) in [6.45, 7) is 3.04. The van der Waals surface area contributed by atoms with E-state index in [0.717, 1.165) is 23.5 Å². The fourth-order valence-electron chi connectivity index (χ4n) is 2.22. The van der Waals surface area contributed by atoms with Crippen LogP contribution in [0.15, 0.2) is 52.2 Å². The van der Waals surface area contributed by atoms with Crippen molar-refractivity contribution >= 4 is 28.4 Å². The highest BCUT2D eigenvalue weighted by Crippen LogP contribution is 2.25. The van der Waals surface area contributed by atoms with Crippen LogP contribution >= 0.6 is 22.7 Å². The molecule has 3 aromatic rings. The fourth-order valence-corrected chi connectivity index (χ4v) is 3.99. The van der Waals surface area contributed by atoms with Gasteiger partial charge in [0.25, 0.3) is 0 Å². The van der Waals surface area contributed by atoms with Gasteiger partial charge >= 0.3 is 0 Å². The number of aromatic nitrogens is 1. The lowest BCUT2D eigenvalue weighted by Gasteiger charge is -2.06. The van der Waals surface area contributed by atoms with Crippen LogP contribution in [0.2, 0.25) is 0 Å². The molecular weight excluding hydrogens is 312 g/mol. The Morgan fingerprint density at radius 3 is 2.64 bits per heavy atom. The lowest BCUT2D eigenvalue weighted by Crippen LogP contribution is -2.16. The van der Waals surface area contributed by atoms with Crippen LogP contribution < -0.4 is 4.80 Å². The average Bonchev–Trinajstić information content (AvgIpc) is 3.17. The molecule has 2 aromatic heterocycles. The number of nitrogens with zero attached hydrogens (tertiary/aromatic N) is 2. The van der Waals surface area contributed by atoms with E-state index < -0.39 is 0 Å². The van der Waals surface area contributed by atoms with E-state index in [1.807, 2.05) is 12.1 Å². The molecule has 114 valence electrons. The van der Waals surface area contributed by atoms with Crippen molar-refractivity contribution in [3.05, 3.63) is 57.5 Å². The van der Waals surface area contributed by atoms with Crippen molar-refractivity contribution in [3.63, 3.8) is 0 Å². The molecule has 0 aliphatic heterocycles. The number of rotatable bonds is 5. The van der Waals surface area contributed by atoms with Crippen LogP contribution in [0.25, 0.3) is 10.6 Å². The van der Waals surface area contributed by atoms with Gasteiger partial charge in [-0.1, -0.05) is 23.8 Å². The second kappa shape index (κ2) is 7.05. The van der Waals surface area contributed by atoms with Crippen LogP contribution in [0.1, 0.15) is 12.0 Å². The number of aryl methyl sites for hydroxylation is 1. The molecule has 0 saturated heterocycles. The SMILES string of the molecule is Cc1ccc(N=c2scc(-c3cccs3)n2CCCO)cc1. The molecular formula is C17H18N2OS2. The van der Waals surface area contributed by atoms with Crippen molar-refractivity contribution < 1.29 is 5.11 Å². The van der Waals surface area contributed by atoms with E-state index in [2.05, 4.69) is 46.5 Å². The van der Waals surface area contributed by atoms with Gasteiger partial charge in [0.05, 0.1) is 16.3 Å². The van der Waals surface area contributed by atoms with Gasteiger partial charge in [-0.15, -0.1) is 22.7 Å². The quantitative estimate of drug-likeness (QED) is 0.748. The summed E-state index contributed by atoms with van der Waals surface area (Å²) in [7, 11) is 0. The van der Waals surface area contributed by atoms with Crippen LogP contribution in [0.4, 0.5) is 5.69 Å². The minimum absolute atomic E-state index is 0.191. The van der Waals surface area contributed by atoms with Crippen molar-refractivity contribution in [2.75, 3.05) is 6.61 Å². The Morgan fingerprint density at radius 1 is 1.14 bits per heavy atom. The van der Waals surface area contributed by atoms with E-state index in [1.54, 1.807) is 22.7 Å². The van der Waals surface area contributed by atoms with Crippen LogP contribution in [0.3, 0.4) is 0 Å². The normalized spacial score (nSPS) is 12.0. The van der Waals surface area contributed by atoms with Gasteiger partial charge in [0.1, 0.15) is 0 Å². The van der Waals surface area contributed by atoms with E-state index in [0.29, 0.717) is 0 Å². The highest BCUT2D eigenvalue weighted by molar-refractivity contribution is 7.14. The van der Waals surface area contributed by atoms with E-state index in [9.17, 15) is 0 Å². The van der Waals surface area contributed by atoms with E-state index in [-0.39, 0.29) is 6.61 Å². The molecule has 5 heteroatoms. The number of thiazole rings is 1. The third-order valence-electron chi connectivity index (χ3n) is 3.37. The number of hydrogen-bond donors (Lipinski definition) is 1. The Morgan fingerprint density at radius 2 is 1.95 bits per heavy atom. The summed E-state index contributed by atoms with van der Waals surface area (Å²) in [5.74, 6) is 0. The summed E-state index contributed by atoms with van der Waals surface area (Å²) >= 11 is 3.37. The first-order valence-electron chi connectivity index (χ1n) is 7.22. The molecule has 22 heavy (non-hydrogen) atoms. The first-order valence-corrected chi connectivity index (χ1v) is 8.98. The average molecular weight is 330 g/mol. The maximum atomic E-state index is 9.16. The largest absolute Gasteiger partial charge is 0.396 e. The standard InChI is InChI=1S/C17H18N2OS2/c1-13-5-7-14(8-6-13)18-17-19(9-3-10-20)15(12-22-17)16-4-2-11-21-16/h2,4-8,11-12,20H,3,9-10H2,1H3. The molecule has 0 aliphatic carbocycles. The van der Waals surface area contributed by atoms with E-state index in [4.69, 9.17) is 10.1 Å². The molecule has 0 spiro atoms. The fraction of sp³-hybridized carbons (Fsp3) is 0.235. The second-order valence-corrected chi connectivity index (χ2v) is 6.84. The molecule has 0 atom stereocenters. The molecule has 1 N–H and O–H groups in total. The van der Waals surface area contributed by atoms with Crippen molar-refractivity contribution in [2.24, 2.45) is 4.99 Å². The highest BCUT2D eigenvalue weighted by Gasteiger charge is 2.08. The maximum absolute atomic E-state index is 9.16. The monoisotopic (exact) mass is 330 g/mol. The van der Waals surface area contributed by atoms with Crippen molar-refractivity contribution in [1.29, 1.82) is 0 Å². The van der Waals surface area contributed by atoms with Gasteiger partial charge in [-0.3, -0.25) is 0 Å². The lowest BCUT2D eigenvalue weighted by molar-refractivity contribution is 0.279. The van der Waals surface area contributed by atoms with Gasteiger partial charge in [0, 0.05) is 18.5 Å². The van der Waals surface area contributed by atoms with Gasteiger partial charge in [0.15, 0.2) is 4.80 Å². The van der Waals surface area contributed by atoms with Gasteiger partial charge in [-0.25, -0.2) is 4.99 Å². The summed E-state index contributed by atoms with van der Waals surface area (Å²) in [6.07, 6.45) is 0.732.